The number of nitrogens with zero attached hydrogens (tertiary/aromatic N) is 1. The number of aromatic nitrogens is 1. The largest absolute Gasteiger partial charge is 0.494 e. The summed E-state index contributed by atoms with van der Waals surface area (Å²) < 4.78 is 57.2. The van der Waals surface area contributed by atoms with Gasteiger partial charge in [0.15, 0.2) is 0 Å². The number of carbonyl (C=O) groups is 2. The second kappa shape index (κ2) is 13.8. The van der Waals surface area contributed by atoms with Crippen molar-refractivity contribution in [1.29, 1.82) is 0 Å². The minimum atomic E-state index is -4.67. The maximum absolute atomic E-state index is 13.1. The monoisotopic (exact) mass is 682 g/mol. The minimum Gasteiger partial charge on any atom is -0.457 e. The van der Waals surface area contributed by atoms with Crippen LogP contribution in [0.15, 0.2) is 85.1 Å². The van der Waals surface area contributed by atoms with Crippen LogP contribution < -0.4 is 26.3 Å². The molecule has 0 atom stereocenters. The predicted molar refractivity (Wildman–Crippen MR) is 174 cm³/mol. The van der Waals surface area contributed by atoms with Crippen LogP contribution in [-0.2, 0) is 26.9 Å². The molecule has 10 nitrogen and oxygen atoms in total. The van der Waals surface area contributed by atoms with E-state index >= 15 is 0 Å². The van der Waals surface area contributed by atoms with Crippen molar-refractivity contribution in [2.24, 2.45) is 0 Å². The first-order chi connectivity index (χ1) is 22.6. The van der Waals surface area contributed by atoms with Crippen molar-refractivity contribution in [3.63, 3.8) is 0 Å². The molecule has 3 aromatic carbocycles. The standard InChI is InChI=1S/C33H31BClF3N4O6/c1-31(2)32(3,4)48-34(47-31)21-7-5-20(6-8-21)19-45-42-29(43)28-18-25(15-16-39-28)46-24-12-9-22(10-13-24)40-30(44)41-23-11-14-27(35)26(17-23)33(36,37)38/h5-18H,19H2,1-4H3,(H,42,43)(H2,40,41,44). The van der Waals surface area contributed by atoms with Gasteiger partial charge in [0.2, 0.25) is 0 Å². The number of amides is 3. The van der Waals surface area contributed by atoms with Crippen molar-refractivity contribution in [2.45, 2.75) is 51.7 Å². The molecule has 1 aliphatic heterocycles. The van der Waals surface area contributed by atoms with Gasteiger partial charge in [0.25, 0.3) is 5.91 Å². The summed E-state index contributed by atoms with van der Waals surface area (Å²) in [7, 11) is -0.478. The molecule has 0 aliphatic carbocycles. The van der Waals surface area contributed by atoms with Gasteiger partial charge in [-0.15, -0.1) is 0 Å². The first-order valence-electron chi connectivity index (χ1n) is 14.6. The first-order valence-corrected chi connectivity index (χ1v) is 15.0. The molecule has 250 valence electrons. The number of urea groups is 1. The second-order valence-corrected chi connectivity index (χ2v) is 12.2. The average molecular weight is 683 g/mol. The molecule has 0 unspecified atom stereocenters. The molecule has 5 rings (SSSR count). The zero-order chi connectivity index (χ0) is 34.7. The molecule has 2 heterocycles. The van der Waals surface area contributed by atoms with Crippen molar-refractivity contribution in [2.75, 3.05) is 10.6 Å². The number of halogens is 4. The van der Waals surface area contributed by atoms with Gasteiger partial charge in [-0.2, -0.15) is 13.2 Å². The molecule has 0 saturated carbocycles. The van der Waals surface area contributed by atoms with Crippen LogP contribution in [0.5, 0.6) is 11.5 Å². The van der Waals surface area contributed by atoms with Crippen molar-refractivity contribution in [3.05, 3.63) is 107 Å². The number of hydroxylamine groups is 1. The molecule has 0 bridgehead atoms. The third-order valence-corrected chi connectivity index (χ3v) is 8.08. The number of hydrogen-bond donors (Lipinski definition) is 3. The Morgan fingerprint density at radius 2 is 1.48 bits per heavy atom. The molecular weight excluding hydrogens is 652 g/mol. The van der Waals surface area contributed by atoms with Gasteiger partial charge in [0, 0.05) is 23.6 Å². The highest BCUT2D eigenvalue weighted by Crippen LogP contribution is 2.37. The quantitative estimate of drug-likeness (QED) is 0.125. The van der Waals surface area contributed by atoms with Crippen LogP contribution >= 0.6 is 11.6 Å². The SMILES string of the molecule is CC1(C)OB(c2ccc(CONC(=O)c3cc(Oc4ccc(NC(=O)Nc5ccc(Cl)c(C(F)(F)F)c5)cc4)ccn3)cc2)OC1(C)C. The maximum Gasteiger partial charge on any atom is 0.494 e. The first kappa shape index (κ1) is 34.7. The van der Waals surface area contributed by atoms with E-state index < -0.39 is 47.0 Å². The van der Waals surface area contributed by atoms with E-state index in [1.165, 1.54) is 30.5 Å². The Hall–Kier alpha value is -4.63. The van der Waals surface area contributed by atoms with Crippen LogP contribution in [0.1, 0.15) is 49.3 Å². The van der Waals surface area contributed by atoms with Crippen molar-refractivity contribution < 1.29 is 41.6 Å². The number of carbonyl (C=O) groups excluding carboxylic acids is 2. The van der Waals surface area contributed by atoms with Crippen LogP contribution in [0.3, 0.4) is 0 Å². The van der Waals surface area contributed by atoms with E-state index in [2.05, 4.69) is 21.1 Å². The average Bonchev–Trinajstić information content (AvgIpc) is 3.25. The normalized spacial score (nSPS) is 15.1. The van der Waals surface area contributed by atoms with E-state index in [9.17, 15) is 22.8 Å². The van der Waals surface area contributed by atoms with Gasteiger partial charge in [0.05, 0.1) is 28.4 Å². The summed E-state index contributed by atoms with van der Waals surface area (Å²) in [5.41, 5.74) is 2.43. The minimum absolute atomic E-state index is 0.0504. The van der Waals surface area contributed by atoms with Gasteiger partial charge in [-0.3, -0.25) is 14.6 Å². The van der Waals surface area contributed by atoms with E-state index in [0.717, 1.165) is 23.2 Å². The van der Waals surface area contributed by atoms with E-state index in [4.69, 9.17) is 30.5 Å². The maximum atomic E-state index is 13.1. The van der Waals surface area contributed by atoms with Crippen LogP contribution in [0.2, 0.25) is 5.02 Å². The third kappa shape index (κ3) is 8.44. The molecule has 1 saturated heterocycles. The summed E-state index contributed by atoms with van der Waals surface area (Å²) >= 11 is 5.62. The number of ether oxygens (including phenoxy) is 1. The Labute approximate surface area is 280 Å². The lowest BCUT2D eigenvalue weighted by Crippen LogP contribution is -2.41. The molecule has 0 radical (unpaired) electrons. The molecule has 3 amide bonds. The number of alkyl halides is 3. The van der Waals surface area contributed by atoms with Crippen molar-refractivity contribution in [3.8, 4) is 11.5 Å². The predicted octanol–water partition coefficient (Wildman–Crippen LogP) is 7.35. The highest BCUT2D eigenvalue weighted by Gasteiger charge is 2.51. The number of nitrogens with one attached hydrogen (secondary N) is 3. The van der Waals surface area contributed by atoms with Crippen LogP contribution in [0.4, 0.5) is 29.3 Å². The van der Waals surface area contributed by atoms with Gasteiger partial charge in [-0.05, 0) is 87.3 Å². The van der Waals surface area contributed by atoms with Crippen molar-refractivity contribution in [1.82, 2.24) is 10.5 Å². The highest BCUT2D eigenvalue weighted by atomic mass is 35.5. The van der Waals surface area contributed by atoms with E-state index in [1.54, 1.807) is 18.2 Å². The Morgan fingerprint density at radius 1 is 0.854 bits per heavy atom. The van der Waals surface area contributed by atoms with E-state index in [1.807, 2.05) is 52.0 Å². The lowest BCUT2D eigenvalue weighted by Gasteiger charge is -2.32. The van der Waals surface area contributed by atoms with Gasteiger partial charge in [-0.1, -0.05) is 35.9 Å². The third-order valence-electron chi connectivity index (χ3n) is 7.75. The van der Waals surface area contributed by atoms with Crippen LogP contribution in [0.25, 0.3) is 0 Å². The fraction of sp³-hybridized carbons (Fsp3) is 0.242. The Morgan fingerprint density at radius 3 is 2.12 bits per heavy atom. The molecule has 48 heavy (non-hydrogen) atoms. The number of anilines is 2. The fourth-order valence-corrected chi connectivity index (χ4v) is 4.67. The van der Waals surface area contributed by atoms with Crippen LogP contribution in [-0.4, -0.2) is 35.2 Å². The summed E-state index contributed by atoms with van der Waals surface area (Å²) in [5, 5.41) is 4.39. The molecule has 1 aliphatic rings. The molecule has 1 aromatic heterocycles. The van der Waals surface area contributed by atoms with Gasteiger partial charge >= 0.3 is 19.3 Å². The highest BCUT2D eigenvalue weighted by molar-refractivity contribution is 6.62. The summed E-state index contributed by atoms with van der Waals surface area (Å²) in [5.74, 6) is 0.115. The number of rotatable bonds is 9. The molecule has 0 spiro atoms. The van der Waals surface area contributed by atoms with Crippen LogP contribution in [0, 0.1) is 0 Å². The van der Waals surface area contributed by atoms with E-state index in [0.29, 0.717) is 17.2 Å². The molecular formula is C33H31BClF3N4O6. The lowest BCUT2D eigenvalue weighted by atomic mass is 9.79. The van der Waals surface area contributed by atoms with Gasteiger partial charge in [0.1, 0.15) is 17.2 Å². The zero-order valence-electron chi connectivity index (χ0n) is 26.3. The summed E-state index contributed by atoms with van der Waals surface area (Å²) in [6, 6.07) is 19.0. The summed E-state index contributed by atoms with van der Waals surface area (Å²) in [6.07, 6.45) is -3.26. The molecule has 4 aromatic rings. The Balaban J connectivity index is 1.09. The second-order valence-electron chi connectivity index (χ2n) is 11.8. The Bertz CT molecular complexity index is 1770. The summed E-state index contributed by atoms with van der Waals surface area (Å²) in [4.78, 5) is 34.4. The summed E-state index contributed by atoms with van der Waals surface area (Å²) in [6.45, 7) is 8.07. The molecule has 1 fully saturated rings. The zero-order valence-corrected chi connectivity index (χ0v) is 27.0. The smallest absolute Gasteiger partial charge is 0.457 e. The van der Waals surface area contributed by atoms with E-state index in [-0.39, 0.29) is 18.0 Å². The number of pyridine rings is 1. The van der Waals surface area contributed by atoms with Gasteiger partial charge < -0.3 is 24.7 Å². The van der Waals surface area contributed by atoms with Gasteiger partial charge in [-0.25, -0.2) is 10.3 Å². The molecule has 15 heteroatoms. The fourth-order valence-electron chi connectivity index (χ4n) is 4.44. The Kier molecular flexibility index (Phi) is 10.0. The molecule has 3 N–H and O–H groups in total. The van der Waals surface area contributed by atoms with Crippen molar-refractivity contribution >= 4 is 47.5 Å². The lowest BCUT2D eigenvalue weighted by molar-refractivity contribution is -0.137. The number of hydrogen-bond acceptors (Lipinski definition) is 7. The topological polar surface area (TPSA) is 120 Å². The number of benzene rings is 3.